The van der Waals surface area contributed by atoms with Crippen molar-refractivity contribution in [2.24, 2.45) is 5.73 Å². The first kappa shape index (κ1) is 15.6. The van der Waals surface area contributed by atoms with Crippen LogP contribution in [0.5, 0.6) is 0 Å². The molecule has 3 aromatic heterocycles. The van der Waals surface area contributed by atoms with E-state index < -0.39 is 5.91 Å². The number of fused-ring (bicyclic) bond motifs is 2. The monoisotopic (exact) mass is 337 g/mol. The number of hydrogen-bond donors (Lipinski definition) is 4. The summed E-state index contributed by atoms with van der Waals surface area (Å²) >= 11 is 0. The first-order chi connectivity index (χ1) is 12.2. The van der Waals surface area contributed by atoms with Crippen molar-refractivity contribution in [1.82, 2.24) is 15.0 Å². The average Bonchev–Trinajstić information content (AvgIpc) is 3.26. The third-order valence-corrected chi connectivity index (χ3v) is 4.52. The summed E-state index contributed by atoms with van der Waals surface area (Å²) in [5.74, 6) is 0.124. The molecule has 0 unspecified atom stereocenters. The van der Waals surface area contributed by atoms with Gasteiger partial charge in [-0.05, 0) is 43.0 Å². The van der Waals surface area contributed by atoms with Gasteiger partial charge in [-0.1, -0.05) is 0 Å². The van der Waals surface area contributed by atoms with Crippen molar-refractivity contribution in [3.05, 3.63) is 41.2 Å². The first-order valence-corrected chi connectivity index (χ1v) is 8.33. The van der Waals surface area contributed by atoms with E-state index in [1.807, 2.05) is 18.2 Å². The number of carbonyl (C=O) groups is 1. The van der Waals surface area contributed by atoms with Crippen LogP contribution in [-0.2, 0) is 12.8 Å². The van der Waals surface area contributed by atoms with Gasteiger partial charge >= 0.3 is 0 Å². The van der Waals surface area contributed by atoms with E-state index >= 15 is 0 Å². The molecule has 0 spiro atoms. The molecule has 0 atom stereocenters. The van der Waals surface area contributed by atoms with Crippen LogP contribution >= 0.6 is 0 Å². The fourth-order valence-corrected chi connectivity index (χ4v) is 3.37. The number of aromatic nitrogens is 3. The standard InChI is InChI=1S/C18H19N5O2/c19-17(25)13-8-10-2-1-3-14(10)22-16(13)12-9-15(20-6-7-24)23-18-11(12)4-5-21-18/h4-5,8-9,24H,1-3,6-7H2,(H2,19,25)(H2,20,21,23). The van der Waals surface area contributed by atoms with E-state index in [0.717, 1.165) is 41.5 Å². The molecule has 1 aliphatic rings. The lowest BCUT2D eigenvalue weighted by Gasteiger charge is -2.12. The summed E-state index contributed by atoms with van der Waals surface area (Å²) in [6.07, 6.45) is 4.69. The lowest BCUT2D eigenvalue weighted by Crippen LogP contribution is -2.15. The zero-order valence-electron chi connectivity index (χ0n) is 13.7. The molecule has 0 aromatic carbocycles. The Hall–Kier alpha value is -2.93. The summed E-state index contributed by atoms with van der Waals surface area (Å²) in [5.41, 5.74) is 10.3. The SMILES string of the molecule is NC(=O)c1cc2c(nc1-c1cc(NCCO)nc3[nH]ccc13)CCC2. The predicted molar refractivity (Wildman–Crippen MR) is 95.4 cm³/mol. The van der Waals surface area contributed by atoms with Crippen LogP contribution in [0.3, 0.4) is 0 Å². The van der Waals surface area contributed by atoms with Crippen LogP contribution in [-0.4, -0.2) is 39.1 Å². The maximum atomic E-state index is 12.0. The normalized spacial score (nSPS) is 13.2. The number of anilines is 1. The second kappa shape index (κ2) is 6.18. The molecule has 5 N–H and O–H groups in total. The lowest BCUT2D eigenvalue weighted by atomic mass is 10.0. The van der Waals surface area contributed by atoms with E-state index in [4.69, 9.17) is 15.8 Å². The van der Waals surface area contributed by atoms with E-state index in [1.54, 1.807) is 6.20 Å². The van der Waals surface area contributed by atoms with Crippen LogP contribution in [0, 0.1) is 0 Å². The number of aromatic amines is 1. The number of amides is 1. The molecule has 3 heterocycles. The number of nitrogens with one attached hydrogen (secondary N) is 2. The van der Waals surface area contributed by atoms with Crippen molar-refractivity contribution in [1.29, 1.82) is 0 Å². The van der Waals surface area contributed by atoms with Gasteiger partial charge in [0.15, 0.2) is 0 Å². The molecule has 0 fully saturated rings. The Morgan fingerprint density at radius 1 is 1.32 bits per heavy atom. The number of rotatable bonds is 5. The fourth-order valence-electron chi connectivity index (χ4n) is 3.37. The maximum absolute atomic E-state index is 12.0. The van der Waals surface area contributed by atoms with Gasteiger partial charge in [0.2, 0.25) is 0 Å². The minimum absolute atomic E-state index is 0.00338. The summed E-state index contributed by atoms with van der Waals surface area (Å²) in [6.45, 7) is 0.391. The minimum atomic E-state index is -0.484. The maximum Gasteiger partial charge on any atom is 0.250 e. The fraction of sp³-hybridized carbons (Fsp3) is 0.278. The quantitative estimate of drug-likeness (QED) is 0.564. The molecular weight excluding hydrogens is 318 g/mol. The number of nitrogens with zero attached hydrogens (tertiary/aromatic N) is 2. The molecule has 0 saturated heterocycles. The Kier molecular flexibility index (Phi) is 3.85. The number of primary amides is 1. The molecule has 0 saturated carbocycles. The number of H-pyrrole nitrogens is 1. The highest BCUT2D eigenvalue weighted by Gasteiger charge is 2.22. The van der Waals surface area contributed by atoms with E-state index in [-0.39, 0.29) is 6.61 Å². The molecule has 128 valence electrons. The predicted octanol–water partition coefficient (Wildman–Crippen LogP) is 1.62. The van der Waals surface area contributed by atoms with Gasteiger partial charge in [-0.2, -0.15) is 0 Å². The van der Waals surface area contributed by atoms with Crippen molar-refractivity contribution in [3.63, 3.8) is 0 Å². The Bertz CT molecular complexity index is 963. The van der Waals surface area contributed by atoms with E-state index in [1.165, 1.54) is 0 Å². The van der Waals surface area contributed by atoms with Gasteiger partial charge in [-0.25, -0.2) is 4.98 Å². The van der Waals surface area contributed by atoms with Crippen molar-refractivity contribution >= 4 is 22.8 Å². The largest absolute Gasteiger partial charge is 0.395 e. The van der Waals surface area contributed by atoms with E-state index in [0.29, 0.717) is 29.3 Å². The highest BCUT2D eigenvalue weighted by molar-refractivity contribution is 6.04. The van der Waals surface area contributed by atoms with Crippen LogP contribution in [0.15, 0.2) is 24.4 Å². The second-order valence-corrected chi connectivity index (χ2v) is 6.15. The van der Waals surface area contributed by atoms with Gasteiger partial charge < -0.3 is 21.1 Å². The molecule has 25 heavy (non-hydrogen) atoms. The van der Waals surface area contributed by atoms with Crippen molar-refractivity contribution in [2.45, 2.75) is 19.3 Å². The Morgan fingerprint density at radius 2 is 2.20 bits per heavy atom. The number of aryl methyl sites for hydroxylation is 2. The van der Waals surface area contributed by atoms with Crippen LogP contribution in [0.4, 0.5) is 5.82 Å². The molecule has 7 nitrogen and oxygen atoms in total. The highest BCUT2D eigenvalue weighted by Crippen LogP contribution is 2.33. The number of aliphatic hydroxyl groups is 1. The summed E-state index contributed by atoms with van der Waals surface area (Å²) in [7, 11) is 0. The third kappa shape index (κ3) is 2.72. The summed E-state index contributed by atoms with van der Waals surface area (Å²) in [5, 5.41) is 13.0. The van der Waals surface area contributed by atoms with E-state index in [9.17, 15) is 4.79 Å². The summed E-state index contributed by atoms with van der Waals surface area (Å²) in [4.78, 5) is 24.4. The summed E-state index contributed by atoms with van der Waals surface area (Å²) < 4.78 is 0. The number of hydrogen-bond acceptors (Lipinski definition) is 5. The second-order valence-electron chi connectivity index (χ2n) is 6.15. The van der Waals surface area contributed by atoms with Gasteiger partial charge in [0.1, 0.15) is 11.5 Å². The number of aliphatic hydroxyl groups excluding tert-OH is 1. The lowest BCUT2D eigenvalue weighted by molar-refractivity contribution is 0.100. The van der Waals surface area contributed by atoms with Crippen molar-refractivity contribution < 1.29 is 9.90 Å². The van der Waals surface area contributed by atoms with Crippen molar-refractivity contribution in [3.8, 4) is 11.3 Å². The van der Waals surface area contributed by atoms with Gasteiger partial charge in [0, 0.05) is 29.4 Å². The Morgan fingerprint density at radius 3 is 3.00 bits per heavy atom. The minimum Gasteiger partial charge on any atom is -0.395 e. The molecule has 3 aromatic rings. The zero-order chi connectivity index (χ0) is 17.4. The van der Waals surface area contributed by atoms with Crippen LogP contribution in [0.25, 0.3) is 22.3 Å². The highest BCUT2D eigenvalue weighted by atomic mass is 16.3. The van der Waals surface area contributed by atoms with Gasteiger partial charge in [-0.15, -0.1) is 0 Å². The topological polar surface area (TPSA) is 117 Å². The smallest absolute Gasteiger partial charge is 0.250 e. The molecule has 0 bridgehead atoms. The zero-order valence-corrected chi connectivity index (χ0v) is 13.7. The first-order valence-electron chi connectivity index (χ1n) is 8.33. The van der Waals surface area contributed by atoms with E-state index in [2.05, 4.69) is 15.3 Å². The number of pyridine rings is 2. The number of nitrogens with two attached hydrogens (primary N) is 1. The van der Waals surface area contributed by atoms with Gasteiger partial charge in [0.25, 0.3) is 5.91 Å². The molecule has 1 aliphatic carbocycles. The van der Waals surface area contributed by atoms with Crippen LogP contribution < -0.4 is 11.1 Å². The molecule has 0 radical (unpaired) electrons. The third-order valence-electron chi connectivity index (χ3n) is 4.52. The Labute approximate surface area is 144 Å². The average molecular weight is 337 g/mol. The van der Waals surface area contributed by atoms with Crippen LogP contribution in [0.2, 0.25) is 0 Å². The summed E-state index contributed by atoms with van der Waals surface area (Å²) in [6, 6.07) is 5.64. The molecule has 7 heteroatoms. The molecule has 4 rings (SSSR count). The molecule has 0 aliphatic heterocycles. The van der Waals surface area contributed by atoms with Gasteiger partial charge in [0.05, 0.1) is 17.9 Å². The van der Waals surface area contributed by atoms with Gasteiger partial charge in [-0.3, -0.25) is 9.78 Å². The molecular formula is C18H19N5O2. The molecule has 1 amide bonds. The number of carbonyl (C=O) groups excluding carboxylic acids is 1. The Balaban J connectivity index is 1.94. The van der Waals surface area contributed by atoms with Crippen LogP contribution in [0.1, 0.15) is 28.0 Å². The van der Waals surface area contributed by atoms with Crippen molar-refractivity contribution in [2.75, 3.05) is 18.5 Å².